The van der Waals surface area contributed by atoms with E-state index in [4.69, 9.17) is 4.74 Å². The molecule has 0 saturated heterocycles. The zero-order valence-corrected chi connectivity index (χ0v) is 14.4. The summed E-state index contributed by atoms with van der Waals surface area (Å²) in [5.74, 6) is 0.231. The minimum absolute atomic E-state index is 0.146. The molecule has 0 spiro atoms. The van der Waals surface area contributed by atoms with Gasteiger partial charge in [0.05, 0.1) is 16.3 Å². The Balaban J connectivity index is 1.87. The highest BCUT2D eigenvalue weighted by Crippen LogP contribution is 2.32. The number of rotatable bonds is 3. The molecule has 0 aliphatic carbocycles. The number of carbonyl (C=O) groups is 1. The smallest absolute Gasteiger partial charge is 0.265 e. The number of nitrogens with one attached hydrogen (secondary N) is 2. The maximum Gasteiger partial charge on any atom is 0.265 e. The van der Waals surface area contributed by atoms with Gasteiger partial charge in [-0.3, -0.25) is 9.52 Å². The second-order valence-electron chi connectivity index (χ2n) is 5.02. The van der Waals surface area contributed by atoms with Crippen molar-refractivity contribution in [2.24, 2.45) is 0 Å². The summed E-state index contributed by atoms with van der Waals surface area (Å²) in [6, 6.07) is 11.0. The lowest BCUT2D eigenvalue weighted by molar-refractivity contribution is -0.122. The van der Waals surface area contributed by atoms with E-state index in [1.807, 2.05) is 0 Å². The average molecular weight is 397 g/mol. The molecule has 3 rings (SSSR count). The highest BCUT2D eigenvalue weighted by Gasteiger charge is 2.24. The highest BCUT2D eigenvalue weighted by atomic mass is 79.9. The number of fused-ring (bicyclic) bond motifs is 1. The van der Waals surface area contributed by atoms with Crippen LogP contribution in [0.3, 0.4) is 0 Å². The first-order chi connectivity index (χ1) is 10.8. The Kier molecular flexibility index (Phi) is 4.03. The normalized spacial score (nSPS) is 17.0. The van der Waals surface area contributed by atoms with E-state index in [9.17, 15) is 13.2 Å². The number of amides is 1. The largest absolute Gasteiger partial charge is 0.479 e. The quantitative estimate of drug-likeness (QED) is 0.834. The van der Waals surface area contributed by atoms with Crippen molar-refractivity contribution in [3.63, 3.8) is 0 Å². The molecule has 1 heterocycles. The molecule has 1 amide bonds. The molecule has 8 heteroatoms. The SMILES string of the molecule is C[C@@H]1Oc2ccc(NS(=O)(=O)c3ccc(Br)cc3)cc2NC1=O. The van der Waals surface area contributed by atoms with E-state index in [0.29, 0.717) is 17.1 Å². The first kappa shape index (κ1) is 15.8. The predicted octanol–water partition coefficient (Wildman–Crippen LogP) is 2.97. The lowest BCUT2D eigenvalue weighted by atomic mass is 10.2. The fourth-order valence-electron chi connectivity index (χ4n) is 2.10. The Morgan fingerprint density at radius 1 is 1.17 bits per heavy atom. The summed E-state index contributed by atoms with van der Waals surface area (Å²) in [5.41, 5.74) is 0.772. The molecule has 0 bridgehead atoms. The second-order valence-corrected chi connectivity index (χ2v) is 7.62. The molecule has 0 radical (unpaired) electrons. The van der Waals surface area contributed by atoms with Crippen LogP contribution in [0.4, 0.5) is 11.4 Å². The fraction of sp³-hybridized carbons (Fsp3) is 0.133. The van der Waals surface area contributed by atoms with Gasteiger partial charge in [-0.25, -0.2) is 8.42 Å². The monoisotopic (exact) mass is 396 g/mol. The minimum Gasteiger partial charge on any atom is -0.479 e. The Morgan fingerprint density at radius 2 is 1.87 bits per heavy atom. The lowest BCUT2D eigenvalue weighted by Gasteiger charge is -2.23. The first-order valence-electron chi connectivity index (χ1n) is 6.75. The van der Waals surface area contributed by atoms with Crippen LogP contribution >= 0.6 is 15.9 Å². The fourth-order valence-corrected chi connectivity index (χ4v) is 3.41. The first-order valence-corrected chi connectivity index (χ1v) is 9.03. The zero-order valence-electron chi connectivity index (χ0n) is 12.0. The maximum atomic E-state index is 12.4. The summed E-state index contributed by atoms with van der Waals surface area (Å²) in [4.78, 5) is 11.8. The van der Waals surface area contributed by atoms with E-state index < -0.39 is 16.1 Å². The molecule has 2 N–H and O–H groups in total. The topological polar surface area (TPSA) is 84.5 Å². The summed E-state index contributed by atoms with van der Waals surface area (Å²) in [6.45, 7) is 1.64. The van der Waals surface area contributed by atoms with Gasteiger partial charge in [-0.15, -0.1) is 0 Å². The van der Waals surface area contributed by atoms with Gasteiger partial charge in [0.25, 0.3) is 15.9 Å². The molecule has 0 fully saturated rings. The molecule has 6 nitrogen and oxygen atoms in total. The van der Waals surface area contributed by atoms with Crippen molar-refractivity contribution in [3.05, 3.63) is 46.9 Å². The van der Waals surface area contributed by atoms with Gasteiger partial charge in [-0.1, -0.05) is 15.9 Å². The molecule has 120 valence electrons. The third-order valence-electron chi connectivity index (χ3n) is 3.29. The number of ether oxygens (including phenoxy) is 1. The van der Waals surface area contributed by atoms with Gasteiger partial charge in [0.15, 0.2) is 6.10 Å². The number of halogens is 1. The van der Waals surface area contributed by atoms with Crippen LogP contribution in [0.1, 0.15) is 6.92 Å². The second kappa shape index (κ2) is 5.86. The van der Waals surface area contributed by atoms with E-state index in [2.05, 4.69) is 26.0 Å². The van der Waals surface area contributed by atoms with Crippen molar-refractivity contribution in [2.75, 3.05) is 10.0 Å². The van der Waals surface area contributed by atoms with Crippen molar-refractivity contribution in [3.8, 4) is 5.75 Å². The maximum absolute atomic E-state index is 12.4. The number of anilines is 2. The molecule has 1 aliphatic rings. The molecule has 2 aromatic rings. The van der Waals surface area contributed by atoms with Gasteiger partial charge >= 0.3 is 0 Å². The Labute approximate surface area is 142 Å². The van der Waals surface area contributed by atoms with Crippen molar-refractivity contribution in [2.45, 2.75) is 17.9 Å². The van der Waals surface area contributed by atoms with Gasteiger partial charge in [0.1, 0.15) is 5.75 Å². The van der Waals surface area contributed by atoms with Gasteiger partial charge in [-0.2, -0.15) is 0 Å². The summed E-state index contributed by atoms with van der Waals surface area (Å²) in [6.07, 6.45) is -0.576. The standard InChI is InChI=1S/C15H13BrN2O4S/c1-9-15(19)17-13-8-11(4-7-14(13)22-9)18-23(20,21)12-5-2-10(16)3-6-12/h2-9,18H,1H3,(H,17,19)/t9-/m0/s1. The Morgan fingerprint density at radius 3 is 2.57 bits per heavy atom. The van der Waals surface area contributed by atoms with Crippen LogP contribution in [0.15, 0.2) is 51.8 Å². The minimum atomic E-state index is -3.71. The van der Waals surface area contributed by atoms with Crippen molar-refractivity contribution in [1.29, 1.82) is 0 Å². The highest BCUT2D eigenvalue weighted by molar-refractivity contribution is 9.10. The number of hydrogen-bond donors (Lipinski definition) is 2. The average Bonchev–Trinajstić information content (AvgIpc) is 2.49. The molecule has 2 aromatic carbocycles. The molecule has 0 saturated carbocycles. The molecule has 1 aliphatic heterocycles. The number of hydrogen-bond acceptors (Lipinski definition) is 4. The van der Waals surface area contributed by atoms with E-state index in [-0.39, 0.29) is 10.8 Å². The van der Waals surface area contributed by atoms with Crippen LogP contribution in [0, 0.1) is 0 Å². The molecule has 1 atom stereocenters. The van der Waals surface area contributed by atoms with Crippen LogP contribution < -0.4 is 14.8 Å². The van der Waals surface area contributed by atoms with Crippen molar-refractivity contribution >= 4 is 43.2 Å². The van der Waals surface area contributed by atoms with Crippen molar-refractivity contribution in [1.82, 2.24) is 0 Å². The predicted molar refractivity (Wildman–Crippen MR) is 90.1 cm³/mol. The third kappa shape index (κ3) is 3.32. The van der Waals surface area contributed by atoms with Crippen LogP contribution in [0.2, 0.25) is 0 Å². The van der Waals surface area contributed by atoms with Gasteiger partial charge < -0.3 is 10.1 Å². The van der Waals surface area contributed by atoms with E-state index >= 15 is 0 Å². The third-order valence-corrected chi connectivity index (χ3v) is 5.21. The Hall–Kier alpha value is -2.06. The summed E-state index contributed by atoms with van der Waals surface area (Å²) >= 11 is 3.26. The summed E-state index contributed by atoms with van der Waals surface area (Å²) in [5, 5.41) is 2.68. The van der Waals surface area contributed by atoms with Crippen LogP contribution in [0.5, 0.6) is 5.75 Å². The number of benzene rings is 2. The molecular formula is C15H13BrN2O4S. The van der Waals surface area contributed by atoms with Gasteiger partial charge in [-0.05, 0) is 49.4 Å². The number of carbonyl (C=O) groups excluding carboxylic acids is 1. The van der Waals surface area contributed by atoms with Crippen molar-refractivity contribution < 1.29 is 17.9 Å². The zero-order chi connectivity index (χ0) is 16.6. The lowest BCUT2D eigenvalue weighted by Crippen LogP contribution is -2.34. The summed E-state index contributed by atoms with van der Waals surface area (Å²) in [7, 11) is -3.71. The van der Waals surface area contributed by atoms with Gasteiger partial charge in [0.2, 0.25) is 0 Å². The van der Waals surface area contributed by atoms with Crippen LogP contribution in [-0.2, 0) is 14.8 Å². The van der Waals surface area contributed by atoms with E-state index in [1.54, 1.807) is 31.2 Å². The number of sulfonamides is 1. The van der Waals surface area contributed by atoms with Gasteiger partial charge in [0, 0.05) is 4.47 Å². The van der Waals surface area contributed by atoms with Crippen LogP contribution in [0.25, 0.3) is 0 Å². The molecule has 0 aromatic heterocycles. The molecule has 0 unspecified atom stereocenters. The van der Waals surface area contributed by atoms with E-state index in [0.717, 1.165) is 4.47 Å². The molecular weight excluding hydrogens is 384 g/mol. The Bertz CT molecular complexity index is 866. The van der Waals surface area contributed by atoms with E-state index in [1.165, 1.54) is 18.2 Å². The van der Waals surface area contributed by atoms with Crippen LogP contribution in [-0.4, -0.2) is 20.4 Å². The molecule has 23 heavy (non-hydrogen) atoms. The summed E-state index contributed by atoms with van der Waals surface area (Å²) < 4.78 is 33.4.